The molecule has 0 spiro atoms. The summed E-state index contributed by atoms with van der Waals surface area (Å²) in [4.78, 5) is 5.07. The molecule has 0 radical (unpaired) electrons. The van der Waals surface area contributed by atoms with Crippen molar-refractivity contribution < 1.29 is 8.95 Å². The first-order valence-electron chi connectivity index (χ1n) is 6.67. The molecule has 1 rings (SSSR count). The summed E-state index contributed by atoms with van der Waals surface area (Å²) in [6.45, 7) is 4.71. The summed E-state index contributed by atoms with van der Waals surface area (Å²) in [5.74, 6) is 0.435. The van der Waals surface area contributed by atoms with E-state index in [1.807, 2.05) is 31.2 Å². The Morgan fingerprint density at radius 1 is 1.38 bits per heavy atom. The highest BCUT2D eigenvalue weighted by molar-refractivity contribution is 14.0. The molecular weight excluding hydrogens is 401 g/mol. The van der Waals surface area contributed by atoms with Gasteiger partial charge < -0.3 is 15.8 Å². The Bertz CT molecular complexity index is 452. The van der Waals surface area contributed by atoms with Gasteiger partial charge in [0.15, 0.2) is 5.96 Å². The van der Waals surface area contributed by atoms with Gasteiger partial charge in [0.1, 0.15) is 0 Å². The summed E-state index contributed by atoms with van der Waals surface area (Å²) in [5.41, 5.74) is 6.80. The first-order valence-corrected chi connectivity index (χ1v) is 8.23. The maximum Gasteiger partial charge on any atom is 0.188 e. The number of benzene rings is 1. The van der Waals surface area contributed by atoms with Crippen LogP contribution in [0.25, 0.3) is 0 Å². The van der Waals surface area contributed by atoms with Crippen LogP contribution in [0.5, 0.6) is 0 Å². The third-order valence-electron chi connectivity index (χ3n) is 2.66. The van der Waals surface area contributed by atoms with Crippen LogP contribution in [0.3, 0.4) is 0 Å². The van der Waals surface area contributed by atoms with Crippen molar-refractivity contribution in [3.63, 3.8) is 0 Å². The van der Waals surface area contributed by atoms with Gasteiger partial charge in [0.05, 0.1) is 6.54 Å². The van der Waals surface area contributed by atoms with Crippen molar-refractivity contribution >= 4 is 40.7 Å². The molecule has 1 aromatic carbocycles. The Labute approximate surface area is 146 Å². The monoisotopic (exact) mass is 425 g/mol. The van der Waals surface area contributed by atoms with Crippen LogP contribution in [-0.4, -0.2) is 36.2 Å². The van der Waals surface area contributed by atoms with Crippen molar-refractivity contribution in [2.75, 3.05) is 26.0 Å². The van der Waals surface area contributed by atoms with E-state index >= 15 is 0 Å². The van der Waals surface area contributed by atoms with E-state index < -0.39 is 10.8 Å². The molecule has 0 amide bonds. The summed E-state index contributed by atoms with van der Waals surface area (Å²) < 4.78 is 16.5. The van der Waals surface area contributed by atoms with Crippen molar-refractivity contribution in [1.29, 1.82) is 0 Å². The maximum atomic E-state index is 11.3. The molecule has 0 saturated heterocycles. The smallest absolute Gasteiger partial charge is 0.188 e. The number of hydrogen-bond acceptors (Lipinski definition) is 3. The minimum atomic E-state index is -0.942. The summed E-state index contributed by atoms with van der Waals surface area (Å²) >= 11 is 0. The van der Waals surface area contributed by atoms with Crippen molar-refractivity contribution in [2.45, 2.75) is 24.8 Å². The van der Waals surface area contributed by atoms with Gasteiger partial charge in [-0.25, -0.2) is 4.99 Å². The largest absolute Gasteiger partial charge is 0.382 e. The molecule has 1 aromatic rings. The molecule has 1 unspecified atom stereocenters. The number of ether oxygens (including phenoxy) is 1. The van der Waals surface area contributed by atoms with E-state index in [2.05, 4.69) is 10.3 Å². The quantitative estimate of drug-likeness (QED) is 0.289. The van der Waals surface area contributed by atoms with Crippen LogP contribution < -0.4 is 11.1 Å². The second-order valence-corrected chi connectivity index (χ2v) is 5.66. The van der Waals surface area contributed by atoms with Crippen LogP contribution in [0.15, 0.2) is 34.2 Å². The second kappa shape index (κ2) is 11.9. The van der Waals surface area contributed by atoms with E-state index in [4.69, 9.17) is 10.5 Å². The molecule has 0 heterocycles. The third-order valence-corrected chi connectivity index (χ3v) is 3.60. The average Bonchev–Trinajstić information content (AvgIpc) is 2.45. The SMILES string of the molecule is CCOCCCNC(N)=NCc1ccc(S(C)=O)cc1.I. The van der Waals surface area contributed by atoms with Gasteiger partial charge >= 0.3 is 0 Å². The molecule has 0 aliphatic carbocycles. The lowest BCUT2D eigenvalue weighted by molar-refractivity contribution is 0.145. The van der Waals surface area contributed by atoms with E-state index in [-0.39, 0.29) is 24.0 Å². The molecule has 21 heavy (non-hydrogen) atoms. The molecular formula is C14H24IN3O2S. The third kappa shape index (κ3) is 9.05. The molecule has 1 atom stereocenters. The first kappa shape index (κ1) is 20.3. The minimum absolute atomic E-state index is 0. The lowest BCUT2D eigenvalue weighted by atomic mass is 10.2. The van der Waals surface area contributed by atoms with E-state index in [0.29, 0.717) is 12.5 Å². The summed E-state index contributed by atoms with van der Waals surface area (Å²) in [5, 5.41) is 3.04. The van der Waals surface area contributed by atoms with Gasteiger partial charge in [-0.1, -0.05) is 12.1 Å². The second-order valence-electron chi connectivity index (χ2n) is 4.28. The van der Waals surface area contributed by atoms with Crippen molar-refractivity contribution in [1.82, 2.24) is 5.32 Å². The van der Waals surface area contributed by atoms with Gasteiger partial charge in [-0.2, -0.15) is 0 Å². The van der Waals surface area contributed by atoms with Crippen LogP contribution in [0, 0.1) is 0 Å². The maximum absolute atomic E-state index is 11.3. The molecule has 0 fully saturated rings. The Morgan fingerprint density at radius 2 is 2.05 bits per heavy atom. The average molecular weight is 425 g/mol. The van der Waals surface area contributed by atoms with Gasteiger partial charge in [-0.05, 0) is 31.0 Å². The van der Waals surface area contributed by atoms with Gasteiger partial charge in [-0.15, -0.1) is 24.0 Å². The van der Waals surface area contributed by atoms with Crippen LogP contribution in [0.4, 0.5) is 0 Å². The summed E-state index contributed by atoms with van der Waals surface area (Å²) in [6, 6.07) is 7.55. The summed E-state index contributed by atoms with van der Waals surface area (Å²) in [6.07, 6.45) is 2.57. The molecule has 120 valence electrons. The van der Waals surface area contributed by atoms with E-state index in [0.717, 1.165) is 36.6 Å². The van der Waals surface area contributed by atoms with E-state index in [9.17, 15) is 4.21 Å². The molecule has 0 saturated carbocycles. The predicted octanol–water partition coefficient (Wildman–Crippen LogP) is 1.87. The lowest BCUT2D eigenvalue weighted by Crippen LogP contribution is -2.32. The molecule has 0 bridgehead atoms. The normalized spacial score (nSPS) is 12.6. The van der Waals surface area contributed by atoms with E-state index in [1.165, 1.54) is 0 Å². The Kier molecular flexibility index (Phi) is 11.6. The number of halogens is 1. The number of rotatable bonds is 8. The highest BCUT2D eigenvalue weighted by atomic mass is 127. The number of aliphatic imine (C=N–C) groups is 1. The van der Waals surface area contributed by atoms with Crippen molar-refractivity contribution in [2.24, 2.45) is 10.7 Å². The predicted molar refractivity (Wildman–Crippen MR) is 98.6 cm³/mol. The standard InChI is InChI=1S/C14H23N3O2S.HI/c1-3-19-10-4-9-16-14(15)17-11-12-5-7-13(8-6-12)20(2)18;/h5-8H,3-4,9-11H2,1-2H3,(H3,15,16,17);1H. The zero-order chi connectivity index (χ0) is 14.8. The summed E-state index contributed by atoms with van der Waals surface area (Å²) in [7, 11) is -0.942. The van der Waals surface area contributed by atoms with Crippen LogP contribution >= 0.6 is 24.0 Å². The molecule has 0 aromatic heterocycles. The Hall–Kier alpha value is -0.670. The fourth-order valence-electron chi connectivity index (χ4n) is 1.55. The number of guanidine groups is 1. The number of hydrogen-bond donors (Lipinski definition) is 2. The van der Waals surface area contributed by atoms with Crippen molar-refractivity contribution in [3.05, 3.63) is 29.8 Å². The van der Waals surface area contributed by atoms with Gasteiger partial charge in [0, 0.05) is 41.7 Å². The molecule has 0 aliphatic heterocycles. The van der Waals surface area contributed by atoms with Crippen LogP contribution in [0.2, 0.25) is 0 Å². The molecule has 3 N–H and O–H groups in total. The first-order chi connectivity index (χ1) is 9.63. The molecule has 7 heteroatoms. The van der Waals surface area contributed by atoms with Gasteiger partial charge in [-0.3, -0.25) is 4.21 Å². The van der Waals surface area contributed by atoms with Crippen LogP contribution in [0.1, 0.15) is 18.9 Å². The molecule has 0 aliphatic rings. The van der Waals surface area contributed by atoms with Crippen molar-refractivity contribution in [3.8, 4) is 0 Å². The minimum Gasteiger partial charge on any atom is -0.382 e. The van der Waals surface area contributed by atoms with Gasteiger partial charge in [0.2, 0.25) is 0 Å². The zero-order valence-corrected chi connectivity index (χ0v) is 15.6. The fraction of sp³-hybridized carbons (Fsp3) is 0.500. The highest BCUT2D eigenvalue weighted by Crippen LogP contribution is 2.08. The topological polar surface area (TPSA) is 76.7 Å². The lowest BCUT2D eigenvalue weighted by Gasteiger charge is -2.06. The fourth-order valence-corrected chi connectivity index (χ4v) is 2.07. The number of nitrogens with one attached hydrogen (secondary N) is 1. The van der Waals surface area contributed by atoms with Gasteiger partial charge in [0.25, 0.3) is 0 Å². The molecule has 5 nitrogen and oxygen atoms in total. The highest BCUT2D eigenvalue weighted by Gasteiger charge is 1.98. The number of nitrogens with zero attached hydrogens (tertiary/aromatic N) is 1. The number of nitrogens with two attached hydrogens (primary N) is 1. The zero-order valence-electron chi connectivity index (χ0n) is 12.5. The van der Waals surface area contributed by atoms with E-state index in [1.54, 1.807) is 6.26 Å². The Morgan fingerprint density at radius 3 is 2.62 bits per heavy atom. The van der Waals surface area contributed by atoms with Crippen LogP contribution in [-0.2, 0) is 22.1 Å². The Balaban J connectivity index is 0.00000400.